The van der Waals surface area contributed by atoms with Crippen LogP contribution in [-0.2, 0) is 11.2 Å². The van der Waals surface area contributed by atoms with Gasteiger partial charge in [-0.3, -0.25) is 4.79 Å². The molecule has 1 aliphatic rings. The lowest BCUT2D eigenvalue weighted by Crippen LogP contribution is -2.25. The Hall–Kier alpha value is -2.11. The number of halogens is 1. The molecule has 0 radical (unpaired) electrons. The first-order chi connectivity index (χ1) is 11.2. The van der Waals surface area contributed by atoms with Crippen molar-refractivity contribution in [3.05, 3.63) is 70.7 Å². The fourth-order valence-electron chi connectivity index (χ4n) is 2.11. The smallest absolute Gasteiger partial charge is 0.239 e. The molecule has 0 aliphatic carbocycles. The number of amidine groups is 1. The van der Waals surface area contributed by atoms with Gasteiger partial charge in [-0.15, -0.1) is 5.10 Å². The molecule has 4 nitrogen and oxygen atoms in total. The highest BCUT2D eigenvalue weighted by Gasteiger charge is 2.30. The minimum Gasteiger partial charge on any atom is -0.303 e. The summed E-state index contributed by atoms with van der Waals surface area (Å²) in [6, 6.07) is 17.2. The molecule has 1 aliphatic heterocycles. The second-order valence-corrected chi connectivity index (χ2v) is 6.61. The van der Waals surface area contributed by atoms with Crippen molar-refractivity contribution in [1.82, 2.24) is 5.32 Å². The summed E-state index contributed by atoms with van der Waals surface area (Å²) in [6.07, 6.45) is 2.29. The van der Waals surface area contributed by atoms with E-state index < -0.39 is 0 Å². The SMILES string of the molecule is O=C1N/C(=N/N=C\c2ccccc2)S[C@@H]1Cc1ccc(Cl)cc1. The van der Waals surface area contributed by atoms with E-state index in [1.807, 2.05) is 54.6 Å². The number of thioether (sulfide) groups is 1. The molecule has 0 unspecified atom stereocenters. The molecule has 23 heavy (non-hydrogen) atoms. The molecule has 1 saturated heterocycles. The molecule has 1 fully saturated rings. The van der Waals surface area contributed by atoms with Crippen LogP contribution in [0.2, 0.25) is 5.02 Å². The van der Waals surface area contributed by atoms with Crippen LogP contribution >= 0.6 is 23.4 Å². The van der Waals surface area contributed by atoms with Gasteiger partial charge < -0.3 is 5.32 Å². The third kappa shape index (κ3) is 4.43. The highest BCUT2D eigenvalue weighted by Crippen LogP contribution is 2.24. The maximum atomic E-state index is 12.0. The Bertz CT molecular complexity index is 744. The molecule has 2 aromatic carbocycles. The summed E-state index contributed by atoms with van der Waals surface area (Å²) in [7, 11) is 0. The van der Waals surface area contributed by atoms with Crippen molar-refractivity contribution in [2.75, 3.05) is 0 Å². The van der Waals surface area contributed by atoms with Crippen LogP contribution in [-0.4, -0.2) is 22.5 Å². The predicted molar refractivity (Wildman–Crippen MR) is 96.1 cm³/mol. The number of amides is 1. The lowest BCUT2D eigenvalue weighted by molar-refractivity contribution is -0.118. The molecule has 0 spiro atoms. The zero-order chi connectivity index (χ0) is 16.1. The maximum Gasteiger partial charge on any atom is 0.239 e. The summed E-state index contributed by atoms with van der Waals surface area (Å²) in [5.74, 6) is -0.0430. The molecular formula is C17H14ClN3OS. The number of carbonyl (C=O) groups is 1. The summed E-state index contributed by atoms with van der Waals surface area (Å²) in [4.78, 5) is 12.0. The topological polar surface area (TPSA) is 53.8 Å². The number of benzene rings is 2. The molecule has 0 aromatic heterocycles. The van der Waals surface area contributed by atoms with E-state index in [0.29, 0.717) is 16.6 Å². The Labute approximate surface area is 143 Å². The first kappa shape index (κ1) is 15.8. The second-order valence-electron chi connectivity index (χ2n) is 4.99. The quantitative estimate of drug-likeness (QED) is 0.682. The van der Waals surface area contributed by atoms with Crippen LogP contribution < -0.4 is 5.32 Å². The molecular weight excluding hydrogens is 330 g/mol. The Morgan fingerprint density at radius 1 is 1.13 bits per heavy atom. The number of hydrogen-bond acceptors (Lipinski definition) is 4. The normalized spacial score (nSPS) is 19.4. The van der Waals surface area contributed by atoms with Crippen LogP contribution in [0.4, 0.5) is 0 Å². The summed E-state index contributed by atoms with van der Waals surface area (Å²) in [5, 5.41) is 11.9. The highest BCUT2D eigenvalue weighted by molar-refractivity contribution is 8.15. The van der Waals surface area contributed by atoms with Crippen molar-refractivity contribution in [1.29, 1.82) is 0 Å². The van der Waals surface area contributed by atoms with Crippen LogP contribution in [0.15, 0.2) is 64.8 Å². The van der Waals surface area contributed by atoms with Crippen molar-refractivity contribution >= 4 is 40.7 Å². The minimum absolute atomic E-state index is 0.0430. The molecule has 0 saturated carbocycles. The zero-order valence-electron chi connectivity index (χ0n) is 12.1. The number of carbonyl (C=O) groups excluding carboxylic acids is 1. The van der Waals surface area contributed by atoms with Crippen LogP contribution in [0, 0.1) is 0 Å². The lowest BCUT2D eigenvalue weighted by atomic mass is 10.1. The van der Waals surface area contributed by atoms with Crippen molar-refractivity contribution in [2.24, 2.45) is 10.2 Å². The maximum absolute atomic E-state index is 12.0. The van der Waals surface area contributed by atoms with Crippen molar-refractivity contribution in [2.45, 2.75) is 11.7 Å². The molecule has 0 bridgehead atoms. The van der Waals surface area contributed by atoms with Gasteiger partial charge in [0.05, 0.1) is 11.5 Å². The van der Waals surface area contributed by atoms with Crippen molar-refractivity contribution in [3.8, 4) is 0 Å². The van der Waals surface area contributed by atoms with E-state index in [9.17, 15) is 4.79 Å². The summed E-state index contributed by atoms with van der Waals surface area (Å²) >= 11 is 7.26. The molecule has 116 valence electrons. The summed E-state index contributed by atoms with van der Waals surface area (Å²) in [5.41, 5.74) is 2.03. The molecule has 3 rings (SSSR count). The first-order valence-electron chi connectivity index (χ1n) is 7.09. The minimum atomic E-state index is -0.193. The fraction of sp³-hybridized carbons (Fsp3) is 0.118. The van der Waals surface area contributed by atoms with Crippen LogP contribution in [0.1, 0.15) is 11.1 Å². The number of nitrogens with one attached hydrogen (secondary N) is 1. The monoisotopic (exact) mass is 343 g/mol. The average Bonchev–Trinajstić information content (AvgIpc) is 2.90. The van der Waals surface area contributed by atoms with Crippen LogP contribution in [0.5, 0.6) is 0 Å². The standard InChI is InChI=1S/C17H14ClN3OS/c18-14-8-6-12(7-9-14)10-15-16(22)20-17(23-15)21-19-11-13-4-2-1-3-5-13/h1-9,11,15H,10H2,(H,20,21,22)/b19-11-/t15-/m1/s1. The van der Waals surface area contributed by atoms with E-state index in [-0.39, 0.29) is 11.2 Å². The summed E-state index contributed by atoms with van der Waals surface area (Å²) < 4.78 is 0. The van der Waals surface area contributed by atoms with E-state index in [1.54, 1.807) is 6.21 Å². The van der Waals surface area contributed by atoms with Crippen molar-refractivity contribution in [3.63, 3.8) is 0 Å². The van der Waals surface area contributed by atoms with E-state index in [4.69, 9.17) is 11.6 Å². The van der Waals surface area contributed by atoms with Gasteiger partial charge in [0.2, 0.25) is 5.91 Å². The predicted octanol–water partition coefficient (Wildman–Crippen LogP) is 3.50. The number of rotatable bonds is 4. The van der Waals surface area contributed by atoms with Crippen LogP contribution in [0.3, 0.4) is 0 Å². The molecule has 1 N–H and O–H groups in total. The lowest BCUT2D eigenvalue weighted by Gasteiger charge is -2.05. The molecule has 1 atom stereocenters. The van der Waals surface area contributed by atoms with Gasteiger partial charge in [0.1, 0.15) is 0 Å². The Kier molecular flexibility index (Phi) is 5.10. The molecule has 6 heteroatoms. The molecule has 1 heterocycles. The van der Waals surface area contributed by atoms with Gasteiger partial charge in [-0.05, 0) is 29.7 Å². The van der Waals surface area contributed by atoms with Gasteiger partial charge in [0.25, 0.3) is 0 Å². The van der Waals surface area contributed by atoms with E-state index >= 15 is 0 Å². The Balaban J connectivity index is 1.61. The van der Waals surface area contributed by atoms with Gasteiger partial charge in [-0.2, -0.15) is 5.10 Å². The van der Waals surface area contributed by atoms with Gasteiger partial charge >= 0.3 is 0 Å². The van der Waals surface area contributed by atoms with E-state index in [0.717, 1.165) is 11.1 Å². The fourth-order valence-corrected chi connectivity index (χ4v) is 3.20. The van der Waals surface area contributed by atoms with Crippen LogP contribution in [0.25, 0.3) is 0 Å². The van der Waals surface area contributed by atoms with Gasteiger partial charge in [0.15, 0.2) is 5.17 Å². The van der Waals surface area contributed by atoms with Gasteiger partial charge in [-0.25, -0.2) is 0 Å². The largest absolute Gasteiger partial charge is 0.303 e. The van der Waals surface area contributed by atoms with Gasteiger partial charge in [0, 0.05) is 5.02 Å². The number of hydrogen-bond donors (Lipinski definition) is 1. The first-order valence-corrected chi connectivity index (χ1v) is 8.34. The molecule has 2 aromatic rings. The number of nitrogens with zero attached hydrogens (tertiary/aromatic N) is 2. The second kappa shape index (κ2) is 7.44. The highest BCUT2D eigenvalue weighted by atomic mass is 35.5. The third-order valence-electron chi connectivity index (χ3n) is 3.27. The summed E-state index contributed by atoms with van der Waals surface area (Å²) in [6.45, 7) is 0. The average molecular weight is 344 g/mol. The van der Waals surface area contributed by atoms with E-state index in [2.05, 4.69) is 15.5 Å². The Morgan fingerprint density at radius 3 is 2.61 bits per heavy atom. The third-order valence-corrected chi connectivity index (χ3v) is 4.59. The molecule has 1 amide bonds. The Morgan fingerprint density at radius 2 is 1.87 bits per heavy atom. The van der Waals surface area contributed by atoms with Gasteiger partial charge in [-0.1, -0.05) is 65.8 Å². The van der Waals surface area contributed by atoms with E-state index in [1.165, 1.54) is 11.8 Å². The zero-order valence-corrected chi connectivity index (χ0v) is 13.7. The van der Waals surface area contributed by atoms with Crippen molar-refractivity contribution < 1.29 is 4.79 Å².